The van der Waals surface area contributed by atoms with Crippen molar-refractivity contribution in [3.8, 4) is 0 Å². The molecule has 0 spiro atoms. The molecule has 3 rings (SSSR count). The highest BCUT2D eigenvalue weighted by molar-refractivity contribution is 7.47. The summed E-state index contributed by atoms with van der Waals surface area (Å²) < 4.78 is 64.9. The fraction of sp³-hybridized carbons (Fsp3) is 0.907. The summed E-state index contributed by atoms with van der Waals surface area (Å²) in [6.07, 6.45) is 18.7. The van der Waals surface area contributed by atoms with Gasteiger partial charge in [-0.05, 0) is 25.7 Å². The summed E-state index contributed by atoms with van der Waals surface area (Å²) in [5, 5.41) is 110. The average Bonchev–Trinajstić information content (AvgIpc) is 0.762. The number of allylic oxidation sites excluding steroid dienone is 3. The molecule has 0 bridgehead atoms. The van der Waals surface area contributed by atoms with E-state index in [9.17, 15) is 74.9 Å². The molecule has 1 aliphatic carbocycles. The predicted octanol–water partition coefficient (Wildman–Crippen LogP) is 11.3. The van der Waals surface area contributed by atoms with Crippen LogP contribution in [0.3, 0.4) is 0 Å². The van der Waals surface area contributed by atoms with Crippen molar-refractivity contribution in [2.24, 2.45) is 0 Å². The van der Waals surface area contributed by atoms with Gasteiger partial charge in [0.2, 0.25) is 0 Å². The van der Waals surface area contributed by atoms with E-state index >= 15 is 0 Å². The Morgan fingerprint density at radius 1 is 0.410 bits per heavy atom. The number of aliphatic hydroxyl groups excluding tert-OH is 10. The van der Waals surface area contributed by atoms with E-state index < -0.39 is 156 Å². The van der Waals surface area contributed by atoms with Crippen molar-refractivity contribution in [1.29, 1.82) is 0 Å². The molecule has 24 nitrogen and oxygen atoms in total. The maximum atomic E-state index is 14.3. The number of carbonyl (C=O) groups is 3. The van der Waals surface area contributed by atoms with E-state index in [1.807, 2.05) is 6.08 Å². The molecule has 0 aromatic carbocycles. The second kappa shape index (κ2) is 56.7. The second-order valence-electron chi connectivity index (χ2n) is 28.2. The molecule has 25 heteroatoms. The molecule has 3 aliphatic rings. The van der Waals surface area contributed by atoms with E-state index in [0.29, 0.717) is 12.8 Å². The van der Waals surface area contributed by atoms with Gasteiger partial charge in [0.15, 0.2) is 18.7 Å². The molecule has 0 radical (unpaired) electrons. The Morgan fingerprint density at radius 3 is 1.18 bits per heavy atom. The maximum Gasteiger partial charge on any atom is 0.472 e. The normalized spacial score (nSPS) is 27.4. The summed E-state index contributed by atoms with van der Waals surface area (Å²) in [5.74, 6) is -2.23. The van der Waals surface area contributed by atoms with Crippen LogP contribution < -0.4 is 0 Å². The van der Waals surface area contributed by atoms with Gasteiger partial charge in [-0.15, -0.1) is 0 Å². The molecule has 586 valence electrons. The third-order valence-electron chi connectivity index (χ3n) is 19.3. The number of ether oxygens (including phenoxy) is 7. The van der Waals surface area contributed by atoms with Crippen LogP contribution >= 0.6 is 7.82 Å². The highest BCUT2D eigenvalue weighted by Gasteiger charge is 2.58. The van der Waals surface area contributed by atoms with Crippen molar-refractivity contribution in [2.45, 2.75) is 407 Å². The number of rotatable bonds is 61. The van der Waals surface area contributed by atoms with Gasteiger partial charge in [0.05, 0.1) is 13.2 Å². The molecule has 0 amide bonds. The van der Waals surface area contributed by atoms with Gasteiger partial charge in [-0.25, -0.2) is 9.36 Å². The van der Waals surface area contributed by atoms with Crippen molar-refractivity contribution in [3.05, 3.63) is 24.3 Å². The Morgan fingerprint density at radius 2 is 0.770 bits per heavy atom. The van der Waals surface area contributed by atoms with E-state index in [4.69, 9.17) is 42.2 Å². The zero-order valence-corrected chi connectivity index (χ0v) is 62.1. The summed E-state index contributed by atoms with van der Waals surface area (Å²) in [6.45, 7) is 3.36. The molecule has 2 aliphatic heterocycles. The molecule has 0 aromatic rings. The molecule has 3 fully saturated rings. The van der Waals surface area contributed by atoms with E-state index in [2.05, 4.69) is 20.8 Å². The maximum absolute atomic E-state index is 14.3. The van der Waals surface area contributed by atoms with Gasteiger partial charge in [0.25, 0.3) is 0 Å². The number of phosphoric acid groups is 1. The molecule has 100 heavy (non-hydrogen) atoms. The van der Waals surface area contributed by atoms with E-state index in [-0.39, 0.29) is 12.8 Å². The van der Waals surface area contributed by atoms with Gasteiger partial charge in [-0.1, -0.05) is 283 Å². The lowest BCUT2D eigenvalue weighted by Gasteiger charge is -2.49. The SMILES string of the molecule is CCCCCCCCCCCCC/C=C/C=C/C(=O)OCC(COP(=O)(O)OC1C(OC2OC(CO)C(O)C(O)C2O)C(O)C(O)C(O)C1OC1OC(COC(=O)CCCCCCCCCCCCCCCCCC)C(O)C(O)C1O)OC(=O)CCCCCCCCCCCCCCCC. The summed E-state index contributed by atoms with van der Waals surface area (Å²) in [4.78, 5) is 50.9. The van der Waals surface area contributed by atoms with Crippen molar-refractivity contribution < 1.29 is 117 Å². The monoisotopic (exact) mass is 1450 g/mol. The van der Waals surface area contributed by atoms with Gasteiger partial charge in [0.1, 0.15) is 98.7 Å². The quantitative estimate of drug-likeness (QED) is 0.00673. The van der Waals surface area contributed by atoms with Gasteiger partial charge in [-0.3, -0.25) is 18.6 Å². The zero-order chi connectivity index (χ0) is 73.2. The van der Waals surface area contributed by atoms with Crippen LogP contribution in [0.4, 0.5) is 0 Å². The van der Waals surface area contributed by atoms with Crippen LogP contribution in [0.1, 0.15) is 303 Å². The minimum absolute atomic E-state index is 0.0294. The van der Waals surface area contributed by atoms with Gasteiger partial charge < -0.3 is 89.1 Å². The number of phosphoric ester groups is 1. The van der Waals surface area contributed by atoms with Crippen LogP contribution in [0.25, 0.3) is 0 Å². The average molecular weight is 1450 g/mol. The molecule has 2 heterocycles. The predicted molar refractivity (Wildman–Crippen MR) is 379 cm³/mol. The number of aliphatic hydroxyl groups is 10. The lowest BCUT2D eigenvalue weighted by Crippen LogP contribution is -2.69. The fourth-order valence-corrected chi connectivity index (χ4v) is 13.9. The molecular weight excluding hydrogens is 1320 g/mol. The Kier molecular flexibility index (Phi) is 52.0. The number of esters is 3. The van der Waals surface area contributed by atoms with E-state index in [1.165, 1.54) is 173 Å². The van der Waals surface area contributed by atoms with Gasteiger partial charge in [0, 0.05) is 18.9 Å². The third kappa shape index (κ3) is 39.2. The van der Waals surface area contributed by atoms with Gasteiger partial charge >= 0.3 is 25.7 Å². The van der Waals surface area contributed by atoms with Crippen LogP contribution in [0.5, 0.6) is 0 Å². The summed E-state index contributed by atoms with van der Waals surface area (Å²) in [6, 6.07) is 0. The Bertz CT molecular complexity index is 2160. The summed E-state index contributed by atoms with van der Waals surface area (Å²) >= 11 is 0. The Labute approximate surface area is 598 Å². The zero-order valence-electron chi connectivity index (χ0n) is 61.2. The first kappa shape index (κ1) is 91.6. The first-order chi connectivity index (χ1) is 48.3. The molecular formula is C75H137O24P. The molecule has 1 saturated carbocycles. The summed E-state index contributed by atoms with van der Waals surface area (Å²) in [7, 11) is -5.72. The van der Waals surface area contributed by atoms with E-state index in [0.717, 1.165) is 96.0 Å². The smallest absolute Gasteiger partial charge is 0.463 e. The number of hydrogen-bond donors (Lipinski definition) is 11. The Hall–Kier alpha value is -2.56. The molecule has 2 saturated heterocycles. The molecule has 11 N–H and O–H groups in total. The van der Waals surface area contributed by atoms with Crippen LogP contribution in [0.15, 0.2) is 24.3 Å². The first-order valence-corrected chi connectivity index (χ1v) is 40.7. The van der Waals surface area contributed by atoms with Crippen molar-refractivity contribution >= 4 is 25.7 Å². The lowest BCUT2D eigenvalue weighted by atomic mass is 9.84. The van der Waals surface area contributed by atoms with Crippen molar-refractivity contribution in [2.75, 3.05) is 26.4 Å². The van der Waals surface area contributed by atoms with Gasteiger partial charge in [-0.2, -0.15) is 0 Å². The topological polar surface area (TPSA) is 374 Å². The number of unbranched alkanes of at least 4 members (excludes halogenated alkanes) is 39. The molecule has 0 aromatic heterocycles. The third-order valence-corrected chi connectivity index (χ3v) is 20.3. The molecule has 18 unspecified atom stereocenters. The summed E-state index contributed by atoms with van der Waals surface area (Å²) in [5.41, 5.74) is 0. The second-order valence-corrected chi connectivity index (χ2v) is 29.6. The first-order valence-electron chi connectivity index (χ1n) is 39.2. The highest BCUT2D eigenvalue weighted by atomic mass is 31.2. The number of hydrogen-bond acceptors (Lipinski definition) is 23. The van der Waals surface area contributed by atoms with Crippen LogP contribution in [0, 0.1) is 0 Å². The standard InChI is InChI=1S/C75H137O24P/c1-4-7-10-13-16-19-22-25-28-30-33-35-38-41-44-47-50-60(78)92-55-58-63(81)65(83)70(88)75(96-58)98-72-68(86)66(84)67(85)71(97-74-69(87)64(82)62(80)57(52-76)95-74)73(72)99-100(89,90)93-54-56(94-61(79)51-48-45-42-39-36-31-27-24-21-18-15-12-9-6-3)53-91-59(77)49-46-43-40-37-34-32-29-26-23-20-17-14-11-8-5-2/h40,43,46,49,56-58,62-76,80-88H,4-39,41-42,44-45,47-48,50-55H2,1-3H3,(H,89,90)/b43-40+,49-46+. The van der Waals surface area contributed by atoms with Crippen LogP contribution in [0.2, 0.25) is 0 Å². The fourth-order valence-electron chi connectivity index (χ4n) is 13.0. The molecule has 18 atom stereocenters. The van der Waals surface area contributed by atoms with Crippen LogP contribution in [-0.2, 0) is 61.2 Å². The minimum Gasteiger partial charge on any atom is -0.463 e. The minimum atomic E-state index is -5.72. The Balaban J connectivity index is 1.73. The van der Waals surface area contributed by atoms with E-state index in [1.54, 1.807) is 6.08 Å². The lowest BCUT2D eigenvalue weighted by molar-refractivity contribution is -0.360. The van der Waals surface area contributed by atoms with Crippen molar-refractivity contribution in [3.63, 3.8) is 0 Å². The largest absolute Gasteiger partial charge is 0.472 e. The van der Waals surface area contributed by atoms with Crippen LogP contribution in [-0.4, -0.2) is 204 Å². The highest BCUT2D eigenvalue weighted by Crippen LogP contribution is 2.49. The van der Waals surface area contributed by atoms with Crippen molar-refractivity contribution in [1.82, 2.24) is 0 Å². The number of carbonyl (C=O) groups excluding carboxylic acids is 3.